The fourth-order valence-corrected chi connectivity index (χ4v) is 3.76. The van der Waals surface area contributed by atoms with Gasteiger partial charge in [-0.15, -0.1) is 0 Å². The maximum atomic E-state index is 5.86. The normalized spacial score (nSPS) is 18.0. The Bertz CT molecular complexity index is 567. The van der Waals surface area contributed by atoms with Gasteiger partial charge in [0.2, 0.25) is 0 Å². The highest BCUT2D eigenvalue weighted by Crippen LogP contribution is 2.32. The maximum Gasteiger partial charge on any atom is 0.0466 e. The number of nitrogens with two attached hydrogens (primary N) is 1. The van der Waals surface area contributed by atoms with E-state index in [1.165, 1.54) is 54.9 Å². The summed E-state index contributed by atoms with van der Waals surface area (Å²) >= 11 is 0. The molecule has 0 radical (unpaired) electrons. The maximum absolute atomic E-state index is 5.86. The van der Waals surface area contributed by atoms with Gasteiger partial charge < -0.3 is 0 Å². The van der Waals surface area contributed by atoms with E-state index in [1.807, 2.05) is 0 Å². The third kappa shape index (κ3) is 3.45. The van der Waals surface area contributed by atoms with Crippen molar-refractivity contribution in [2.45, 2.75) is 51.0 Å². The second kappa shape index (κ2) is 7.06. The average Bonchev–Trinajstić information content (AvgIpc) is 2.56. The second-order valence-electron chi connectivity index (χ2n) is 6.37. The minimum absolute atomic E-state index is 0.262. The highest BCUT2D eigenvalue weighted by Gasteiger charge is 2.17. The summed E-state index contributed by atoms with van der Waals surface area (Å²) in [6.45, 7) is 0. The van der Waals surface area contributed by atoms with Crippen molar-refractivity contribution in [3.8, 4) is 0 Å². The number of nitrogens with one attached hydrogen (secondary N) is 1. The Morgan fingerprint density at radius 2 is 1.76 bits per heavy atom. The molecule has 2 aromatic rings. The summed E-state index contributed by atoms with van der Waals surface area (Å²) in [6.07, 6.45) is 9.50. The van der Waals surface area contributed by atoms with Crippen LogP contribution < -0.4 is 11.3 Å². The van der Waals surface area contributed by atoms with E-state index in [9.17, 15) is 0 Å². The lowest BCUT2D eigenvalue weighted by atomic mass is 9.84. The number of hydrazine groups is 1. The summed E-state index contributed by atoms with van der Waals surface area (Å²) < 4.78 is 0. The minimum atomic E-state index is 0.262. The molecule has 0 amide bonds. The van der Waals surface area contributed by atoms with E-state index >= 15 is 0 Å². The molecule has 3 rings (SSSR count). The van der Waals surface area contributed by atoms with E-state index in [-0.39, 0.29) is 6.04 Å². The summed E-state index contributed by atoms with van der Waals surface area (Å²) in [7, 11) is 0. The average molecular weight is 282 g/mol. The first-order valence-electron chi connectivity index (χ1n) is 8.32. The Hall–Kier alpha value is -1.38. The van der Waals surface area contributed by atoms with Gasteiger partial charge in [-0.1, -0.05) is 74.6 Å². The molecule has 0 bridgehead atoms. The predicted octanol–water partition coefficient (Wildman–Crippen LogP) is 4.70. The standard InChI is InChI=1S/C19H26N2/c20-21-19(14-13-15-7-2-1-3-8-15)18-12-6-10-16-9-4-5-11-17(16)18/h4-6,9-12,15,19,21H,1-3,7-8,13-14,20H2. The zero-order valence-electron chi connectivity index (χ0n) is 12.7. The highest BCUT2D eigenvalue weighted by atomic mass is 15.2. The SMILES string of the molecule is NNC(CCC1CCCCC1)c1cccc2ccccc12. The van der Waals surface area contributed by atoms with Crippen LogP contribution in [0.1, 0.15) is 56.6 Å². The molecule has 2 heteroatoms. The lowest BCUT2D eigenvalue weighted by Gasteiger charge is -2.24. The van der Waals surface area contributed by atoms with Gasteiger partial charge in [-0.05, 0) is 35.1 Å². The van der Waals surface area contributed by atoms with Gasteiger partial charge in [0.1, 0.15) is 0 Å². The third-order valence-electron chi connectivity index (χ3n) is 4.99. The molecule has 0 aliphatic heterocycles. The molecule has 0 aromatic heterocycles. The number of rotatable bonds is 5. The Kier molecular flexibility index (Phi) is 4.89. The van der Waals surface area contributed by atoms with Crippen molar-refractivity contribution in [3.05, 3.63) is 48.0 Å². The molecule has 3 N–H and O–H groups in total. The molecule has 1 atom stereocenters. The smallest absolute Gasteiger partial charge is 0.0466 e. The monoisotopic (exact) mass is 282 g/mol. The quantitative estimate of drug-likeness (QED) is 0.616. The van der Waals surface area contributed by atoms with Crippen molar-refractivity contribution in [2.24, 2.45) is 11.8 Å². The lowest BCUT2D eigenvalue weighted by molar-refractivity contribution is 0.315. The Labute approximate surface area is 127 Å². The summed E-state index contributed by atoms with van der Waals surface area (Å²) in [5.74, 6) is 6.77. The number of fused-ring (bicyclic) bond motifs is 1. The zero-order valence-corrected chi connectivity index (χ0v) is 12.7. The van der Waals surface area contributed by atoms with E-state index in [0.29, 0.717) is 0 Å². The van der Waals surface area contributed by atoms with Crippen LogP contribution in [0.25, 0.3) is 10.8 Å². The fraction of sp³-hybridized carbons (Fsp3) is 0.474. The molecule has 21 heavy (non-hydrogen) atoms. The third-order valence-corrected chi connectivity index (χ3v) is 4.99. The van der Waals surface area contributed by atoms with Gasteiger partial charge in [-0.25, -0.2) is 0 Å². The molecule has 1 aliphatic carbocycles. The molecule has 0 spiro atoms. The highest BCUT2D eigenvalue weighted by molar-refractivity contribution is 5.86. The van der Waals surface area contributed by atoms with Crippen LogP contribution >= 0.6 is 0 Å². The molecule has 2 aromatic carbocycles. The first-order chi connectivity index (χ1) is 10.4. The van der Waals surface area contributed by atoms with Crippen molar-refractivity contribution in [1.29, 1.82) is 0 Å². The molecule has 112 valence electrons. The molecule has 1 aliphatic rings. The van der Waals surface area contributed by atoms with Crippen LogP contribution in [0, 0.1) is 5.92 Å². The van der Waals surface area contributed by atoms with E-state index in [0.717, 1.165) is 12.3 Å². The molecule has 1 fully saturated rings. The second-order valence-corrected chi connectivity index (χ2v) is 6.37. The summed E-state index contributed by atoms with van der Waals surface area (Å²) in [4.78, 5) is 0. The molecule has 1 saturated carbocycles. The first kappa shape index (κ1) is 14.6. The Morgan fingerprint density at radius 1 is 1.00 bits per heavy atom. The predicted molar refractivity (Wildman–Crippen MR) is 89.8 cm³/mol. The molecule has 0 heterocycles. The van der Waals surface area contributed by atoms with Gasteiger partial charge >= 0.3 is 0 Å². The van der Waals surface area contributed by atoms with Crippen LogP contribution in [0.5, 0.6) is 0 Å². The Morgan fingerprint density at radius 3 is 2.57 bits per heavy atom. The van der Waals surface area contributed by atoms with Crippen LogP contribution in [-0.2, 0) is 0 Å². The Balaban J connectivity index is 1.75. The van der Waals surface area contributed by atoms with Crippen molar-refractivity contribution in [1.82, 2.24) is 5.43 Å². The van der Waals surface area contributed by atoms with Crippen LogP contribution in [0.4, 0.5) is 0 Å². The van der Waals surface area contributed by atoms with Gasteiger partial charge in [0.05, 0.1) is 0 Å². The van der Waals surface area contributed by atoms with E-state index < -0.39 is 0 Å². The van der Waals surface area contributed by atoms with Crippen LogP contribution in [0.2, 0.25) is 0 Å². The lowest BCUT2D eigenvalue weighted by Crippen LogP contribution is -2.28. The van der Waals surface area contributed by atoms with E-state index in [2.05, 4.69) is 47.9 Å². The topological polar surface area (TPSA) is 38.0 Å². The van der Waals surface area contributed by atoms with Crippen LogP contribution in [0.3, 0.4) is 0 Å². The van der Waals surface area contributed by atoms with Gasteiger partial charge in [-0.3, -0.25) is 11.3 Å². The number of hydrogen-bond donors (Lipinski definition) is 2. The van der Waals surface area contributed by atoms with Gasteiger partial charge in [-0.2, -0.15) is 0 Å². The van der Waals surface area contributed by atoms with Gasteiger partial charge in [0.25, 0.3) is 0 Å². The molecule has 2 nitrogen and oxygen atoms in total. The number of benzene rings is 2. The van der Waals surface area contributed by atoms with Crippen molar-refractivity contribution in [2.75, 3.05) is 0 Å². The minimum Gasteiger partial charge on any atom is -0.271 e. The first-order valence-corrected chi connectivity index (χ1v) is 8.32. The van der Waals surface area contributed by atoms with Crippen LogP contribution in [0.15, 0.2) is 42.5 Å². The fourth-order valence-electron chi connectivity index (χ4n) is 3.76. The van der Waals surface area contributed by atoms with Crippen molar-refractivity contribution < 1.29 is 0 Å². The van der Waals surface area contributed by atoms with Gasteiger partial charge in [0, 0.05) is 6.04 Å². The molecular formula is C19H26N2. The molecular weight excluding hydrogens is 256 g/mol. The summed E-state index contributed by atoms with van der Waals surface area (Å²) in [5, 5.41) is 2.62. The van der Waals surface area contributed by atoms with Crippen molar-refractivity contribution >= 4 is 10.8 Å². The van der Waals surface area contributed by atoms with E-state index in [1.54, 1.807) is 0 Å². The number of hydrogen-bond acceptors (Lipinski definition) is 2. The molecule has 1 unspecified atom stereocenters. The van der Waals surface area contributed by atoms with E-state index in [4.69, 9.17) is 5.84 Å². The summed E-state index contributed by atoms with van der Waals surface area (Å²) in [5.41, 5.74) is 4.39. The molecule has 0 saturated heterocycles. The zero-order chi connectivity index (χ0) is 14.5. The van der Waals surface area contributed by atoms with Gasteiger partial charge in [0.15, 0.2) is 0 Å². The summed E-state index contributed by atoms with van der Waals surface area (Å²) in [6, 6.07) is 15.4. The van der Waals surface area contributed by atoms with Crippen molar-refractivity contribution in [3.63, 3.8) is 0 Å². The largest absolute Gasteiger partial charge is 0.271 e. The van der Waals surface area contributed by atoms with Crippen LogP contribution in [-0.4, -0.2) is 0 Å².